The maximum Gasteiger partial charge on any atom is 0.349 e. The predicted octanol–water partition coefficient (Wildman–Crippen LogP) is 6.47. The molecule has 70 heavy (non-hydrogen) atoms. The van der Waals surface area contributed by atoms with Crippen LogP contribution in [-0.4, -0.2) is 106 Å². The standard InChI is InChI=1S/C48H55ClN8O11S2/c1-48(2)25-33(51-32-9-5-7-30(23-32)42-40(49)41(68-26-39(59)60)43(69-42)45(62)63)17-21-56(48)70(66,67)27-29-6-4-8-31(22-29)52-46(64)50-18-14-28-15-19-55(20-16-28)34-10-11-35-37(24-34)54(3)47(65)57(35)36-12-13-38(58)53-44(36)61/h4-11,22-24,28,33,36,51H,12-21,25-27H2,1-3H3,(H,59,60)(H,62,63)(H2,50,52,64)(H,53,58,61)/t33-,36?/m0/s1. The molecule has 0 bridgehead atoms. The first-order valence-electron chi connectivity index (χ1n) is 23.0. The Labute approximate surface area is 412 Å². The number of aliphatic carboxylic acids is 1. The summed E-state index contributed by atoms with van der Waals surface area (Å²) in [4.78, 5) is 76.0. The summed E-state index contributed by atoms with van der Waals surface area (Å²) < 4.78 is 37.7. The van der Waals surface area contributed by atoms with Gasteiger partial charge in [0.05, 0.1) is 21.7 Å². The summed E-state index contributed by atoms with van der Waals surface area (Å²) in [5.41, 5.74) is 3.57. The van der Waals surface area contributed by atoms with Gasteiger partial charge in [-0.15, -0.1) is 11.3 Å². The first-order chi connectivity index (χ1) is 33.3. The van der Waals surface area contributed by atoms with Crippen molar-refractivity contribution >= 4 is 90.8 Å². The Kier molecular flexibility index (Phi) is 14.6. The van der Waals surface area contributed by atoms with E-state index in [9.17, 15) is 42.3 Å². The SMILES string of the molecule is Cn1c(=O)n(C2CCC(=O)NC2=O)c2ccc(N3CCC(CCNC(=O)Nc4cccc(CS(=O)(=O)N5CC[C@H](Nc6cccc(-c7sc(C(=O)O)c(OCC(=O)O)c7Cl)c6)CC5(C)C)c4)CC3)cc21. The number of hydrogen-bond donors (Lipinski definition) is 6. The number of amides is 4. The molecule has 2 aromatic heterocycles. The third-order valence-corrected chi connectivity index (χ3v) is 17.0. The van der Waals surface area contributed by atoms with Crippen molar-refractivity contribution in [1.82, 2.24) is 24.1 Å². The maximum absolute atomic E-state index is 14.0. The highest BCUT2D eigenvalue weighted by atomic mass is 35.5. The lowest BCUT2D eigenvalue weighted by molar-refractivity contribution is -0.139. The number of sulfonamides is 1. The van der Waals surface area contributed by atoms with E-state index < -0.39 is 46.1 Å². The van der Waals surface area contributed by atoms with E-state index in [1.807, 2.05) is 38.1 Å². The number of carbonyl (C=O) groups excluding carboxylic acids is 3. The number of halogens is 1. The van der Waals surface area contributed by atoms with E-state index in [1.54, 1.807) is 49.5 Å². The van der Waals surface area contributed by atoms with Crippen LogP contribution in [0.5, 0.6) is 5.75 Å². The van der Waals surface area contributed by atoms with Crippen molar-refractivity contribution < 1.29 is 47.3 Å². The molecule has 2 atom stereocenters. The molecule has 3 aromatic carbocycles. The number of anilines is 3. The van der Waals surface area contributed by atoms with Crippen molar-refractivity contribution in [3.8, 4) is 16.2 Å². The zero-order chi connectivity index (χ0) is 50.1. The second-order valence-electron chi connectivity index (χ2n) is 18.6. The van der Waals surface area contributed by atoms with Crippen LogP contribution in [0.1, 0.15) is 80.1 Å². The molecule has 0 aliphatic carbocycles. The number of carboxylic acid groups (broad SMARTS) is 2. The van der Waals surface area contributed by atoms with Gasteiger partial charge in [-0.25, -0.2) is 27.6 Å². The summed E-state index contributed by atoms with van der Waals surface area (Å²) in [7, 11) is -2.11. The van der Waals surface area contributed by atoms with Gasteiger partial charge in [0, 0.05) is 68.3 Å². The number of rotatable bonds is 16. The molecule has 1 unspecified atom stereocenters. The predicted molar refractivity (Wildman–Crippen MR) is 267 cm³/mol. The number of carbonyl (C=O) groups is 5. The number of nitrogens with one attached hydrogen (secondary N) is 4. The third-order valence-electron chi connectivity index (χ3n) is 13.2. The molecular weight excluding hydrogens is 964 g/mol. The van der Waals surface area contributed by atoms with Crippen LogP contribution in [0.2, 0.25) is 5.02 Å². The molecule has 0 radical (unpaired) electrons. The Hall–Kier alpha value is -6.42. The molecule has 3 aliphatic heterocycles. The van der Waals surface area contributed by atoms with Crippen LogP contribution in [0.15, 0.2) is 71.5 Å². The van der Waals surface area contributed by atoms with E-state index in [2.05, 4.69) is 26.2 Å². The molecule has 8 rings (SSSR count). The zero-order valence-corrected chi connectivity index (χ0v) is 41.2. The van der Waals surface area contributed by atoms with Gasteiger partial charge in [0.25, 0.3) is 0 Å². The number of piperidine rings is 3. The fourth-order valence-electron chi connectivity index (χ4n) is 9.84. The average molecular weight is 1020 g/mol. The first kappa shape index (κ1) is 50.0. The third kappa shape index (κ3) is 11.0. The second-order valence-corrected chi connectivity index (χ2v) is 21.9. The van der Waals surface area contributed by atoms with Gasteiger partial charge in [0.2, 0.25) is 21.8 Å². The number of aromatic nitrogens is 2. The van der Waals surface area contributed by atoms with Crippen LogP contribution in [0.25, 0.3) is 21.5 Å². The molecule has 3 saturated heterocycles. The van der Waals surface area contributed by atoms with E-state index in [0.717, 1.165) is 49.4 Å². The summed E-state index contributed by atoms with van der Waals surface area (Å²) in [6.07, 6.45) is 4.04. The number of carboxylic acids is 2. The molecule has 3 aliphatic rings. The van der Waals surface area contributed by atoms with Gasteiger partial charge in [-0.3, -0.25) is 24.0 Å². The van der Waals surface area contributed by atoms with Gasteiger partial charge in [-0.1, -0.05) is 35.9 Å². The van der Waals surface area contributed by atoms with Gasteiger partial charge in [0.1, 0.15) is 11.1 Å². The highest BCUT2D eigenvalue weighted by Gasteiger charge is 2.42. The number of hydrogen-bond acceptors (Lipinski definition) is 12. The van der Waals surface area contributed by atoms with Crippen molar-refractivity contribution in [2.75, 3.05) is 48.3 Å². The molecule has 3 fully saturated rings. The Bertz CT molecular complexity index is 3030. The zero-order valence-electron chi connectivity index (χ0n) is 38.8. The van der Waals surface area contributed by atoms with Crippen LogP contribution in [0.4, 0.5) is 21.9 Å². The Morgan fingerprint density at radius 1 is 0.929 bits per heavy atom. The number of fused-ring (bicyclic) bond motifs is 1. The number of thiophene rings is 1. The number of urea groups is 1. The number of imidazole rings is 1. The molecule has 0 spiro atoms. The highest BCUT2D eigenvalue weighted by Crippen LogP contribution is 2.46. The smallest absolute Gasteiger partial charge is 0.349 e. The number of aryl methyl sites for hydroxylation is 1. The van der Waals surface area contributed by atoms with Crippen molar-refractivity contribution in [1.29, 1.82) is 0 Å². The Balaban J connectivity index is 0.799. The summed E-state index contributed by atoms with van der Waals surface area (Å²) in [6.45, 7) is 5.33. The maximum atomic E-state index is 14.0. The normalized spacial score (nSPS) is 18.9. The van der Waals surface area contributed by atoms with E-state index in [4.69, 9.17) is 21.4 Å². The van der Waals surface area contributed by atoms with E-state index in [-0.39, 0.29) is 64.5 Å². The minimum Gasteiger partial charge on any atom is -0.479 e. The molecular formula is C48H55ClN8O11S2. The minimum absolute atomic E-state index is 0.000963. The van der Waals surface area contributed by atoms with Gasteiger partial charge in [-0.2, -0.15) is 4.31 Å². The summed E-state index contributed by atoms with van der Waals surface area (Å²) >= 11 is 7.40. The molecule has 22 heteroatoms. The van der Waals surface area contributed by atoms with Crippen LogP contribution < -0.4 is 36.6 Å². The van der Waals surface area contributed by atoms with Crippen LogP contribution in [0.3, 0.4) is 0 Å². The monoisotopic (exact) mass is 1020 g/mol. The summed E-state index contributed by atoms with van der Waals surface area (Å²) in [5, 5.41) is 30.4. The van der Waals surface area contributed by atoms with Crippen LogP contribution in [-0.2, 0) is 37.2 Å². The number of imide groups is 1. The molecule has 5 aromatic rings. The van der Waals surface area contributed by atoms with Gasteiger partial charge < -0.3 is 35.8 Å². The lowest BCUT2D eigenvalue weighted by Gasteiger charge is -2.45. The fraction of sp³-hybridized carbons (Fsp3) is 0.417. The summed E-state index contributed by atoms with van der Waals surface area (Å²) in [6, 6.07) is 18.6. The molecule has 19 nitrogen and oxygen atoms in total. The Morgan fingerprint density at radius 3 is 2.39 bits per heavy atom. The first-order valence-corrected chi connectivity index (χ1v) is 25.8. The van der Waals surface area contributed by atoms with Crippen molar-refractivity contribution in [3.63, 3.8) is 0 Å². The molecule has 4 amide bonds. The molecule has 0 saturated carbocycles. The van der Waals surface area contributed by atoms with Gasteiger partial charge in [-0.05, 0) is 112 Å². The van der Waals surface area contributed by atoms with E-state index in [1.165, 1.54) is 13.4 Å². The Morgan fingerprint density at radius 2 is 1.67 bits per heavy atom. The van der Waals surface area contributed by atoms with Crippen molar-refractivity contribution in [2.45, 2.75) is 82.2 Å². The number of aromatic carboxylic acids is 1. The molecule has 6 N–H and O–H groups in total. The summed E-state index contributed by atoms with van der Waals surface area (Å²) in [5.74, 6) is -3.45. The number of nitrogens with zero attached hydrogens (tertiary/aromatic N) is 4. The largest absolute Gasteiger partial charge is 0.479 e. The van der Waals surface area contributed by atoms with Crippen LogP contribution >= 0.6 is 22.9 Å². The number of benzene rings is 3. The quantitative estimate of drug-likeness (QED) is 0.0581. The molecule has 5 heterocycles. The minimum atomic E-state index is -3.79. The van der Waals surface area contributed by atoms with Gasteiger partial charge >= 0.3 is 23.7 Å². The van der Waals surface area contributed by atoms with E-state index in [0.29, 0.717) is 63.7 Å². The topological polar surface area (TPSA) is 251 Å². The van der Waals surface area contributed by atoms with Crippen molar-refractivity contribution in [3.05, 3.63) is 92.7 Å². The van der Waals surface area contributed by atoms with Gasteiger partial charge in [0.15, 0.2) is 17.2 Å². The second kappa shape index (κ2) is 20.5. The lowest BCUT2D eigenvalue weighted by Crippen LogP contribution is -2.55. The van der Waals surface area contributed by atoms with Crippen molar-refractivity contribution in [2.24, 2.45) is 13.0 Å². The average Bonchev–Trinajstić information content (AvgIpc) is 3.76. The molecule has 372 valence electrons. The fourth-order valence-corrected chi connectivity index (χ4v) is 13.2. The lowest BCUT2D eigenvalue weighted by atomic mass is 9.89. The van der Waals surface area contributed by atoms with Crippen LogP contribution in [0, 0.1) is 5.92 Å². The van der Waals surface area contributed by atoms with E-state index >= 15 is 0 Å². The highest BCUT2D eigenvalue weighted by molar-refractivity contribution is 7.88. The number of ether oxygens (including phenoxy) is 1.